The van der Waals surface area contributed by atoms with Gasteiger partial charge in [0, 0.05) is 10.7 Å². The lowest BCUT2D eigenvalue weighted by atomic mass is 10.2. The molecule has 0 bridgehead atoms. The fourth-order valence-electron chi connectivity index (χ4n) is 2.28. The largest absolute Gasteiger partial charge is 0.295 e. The van der Waals surface area contributed by atoms with Crippen molar-refractivity contribution in [2.24, 2.45) is 5.10 Å². The van der Waals surface area contributed by atoms with E-state index in [0.29, 0.717) is 10.6 Å². The molecule has 24 heavy (non-hydrogen) atoms. The summed E-state index contributed by atoms with van der Waals surface area (Å²) in [7, 11) is 0. The molecule has 0 aliphatic heterocycles. The average Bonchev–Trinajstić information content (AvgIpc) is 2.85. The summed E-state index contributed by atoms with van der Waals surface area (Å²) in [6, 6.07) is 14.9. The molecule has 122 valence electrons. The molecule has 0 aliphatic carbocycles. The Morgan fingerprint density at radius 3 is 2.42 bits per heavy atom. The van der Waals surface area contributed by atoms with Crippen molar-refractivity contribution in [3.05, 3.63) is 80.7 Å². The standard InChI is InChI=1S/C18H17ClN4O/c1-12-3-7-15(8-4-12)21-20-11-17-13(2)22-23(18(17)24)16-9-5-14(19)6-10-16/h3-11,21-22H,1-2H3/b20-11+. The highest BCUT2D eigenvalue weighted by molar-refractivity contribution is 6.30. The predicted molar refractivity (Wildman–Crippen MR) is 98.5 cm³/mol. The molecule has 6 heteroatoms. The number of aromatic nitrogens is 2. The third kappa shape index (κ3) is 3.41. The zero-order valence-corrected chi connectivity index (χ0v) is 14.1. The van der Waals surface area contributed by atoms with Crippen LogP contribution in [0, 0.1) is 13.8 Å². The van der Waals surface area contributed by atoms with Crippen LogP contribution in [-0.4, -0.2) is 16.0 Å². The monoisotopic (exact) mass is 340 g/mol. The average molecular weight is 341 g/mol. The van der Waals surface area contributed by atoms with Crippen LogP contribution in [0.3, 0.4) is 0 Å². The van der Waals surface area contributed by atoms with Crippen LogP contribution in [0.1, 0.15) is 16.8 Å². The number of nitrogens with zero attached hydrogens (tertiary/aromatic N) is 2. The molecule has 0 aliphatic rings. The van der Waals surface area contributed by atoms with Crippen molar-refractivity contribution in [1.29, 1.82) is 0 Å². The van der Waals surface area contributed by atoms with Crippen LogP contribution >= 0.6 is 11.6 Å². The number of aromatic amines is 1. The van der Waals surface area contributed by atoms with Gasteiger partial charge < -0.3 is 0 Å². The number of H-pyrrole nitrogens is 1. The number of halogens is 1. The number of rotatable bonds is 4. The zero-order chi connectivity index (χ0) is 17.1. The van der Waals surface area contributed by atoms with E-state index in [-0.39, 0.29) is 5.56 Å². The quantitative estimate of drug-likeness (QED) is 0.559. The molecule has 2 aromatic carbocycles. The van der Waals surface area contributed by atoms with Crippen LogP contribution in [0.4, 0.5) is 5.69 Å². The second-order valence-corrected chi connectivity index (χ2v) is 5.94. The molecule has 0 saturated heterocycles. The summed E-state index contributed by atoms with van der Waals surface area (Å²) < 4.78 is 1.47. The topological polar surface area (TPSA) is 62.2 Å². The molecule has 0 radical (unpaired) electrons. The number of hydrazone groups is 1. The van der Waals surface area contributed by atoms with Gasteiger partial charge >= 0.3 is 0 Å². The minimum Gasteiger partial charge on any atom is -0.295 e. The van der Waals surface area contributed by atoms with E-state index in [4.69, 9.17) is 11.6 Å². The minimum absolute atomic E-state index is 0.163. The van der Waals surface area contributed by atoms with E-state index >= 15 is 0 Å². The predicted octanol–water partition coefficient (Wildman–Crippen LogP) is 3.88. The van der Waals surface area contributed by atoms with Gasteiger partial charge in [-0.3, -0.25) is 15.3 Å². The van der Waals surface area contributed by atoms with Gasteiger partial charge in [0.1, 0.15) is 0 Å². The van der Waals surface area contributed by atoms with E-state index in [2.05, 4.69) is 15.6 Å². The molecule has 2 N–H and O–H groups in total. The molecule has 0 amide bonds. The fraction of sp³-hybridized carbons (Fsp3) is 0.111. The van der Waals surface area contributed by atoms with E-state index in [0.717, 1.165) is 17.1 Å². The molecule has 0 fully saturated rings. The van der Waals surface area contributed by atoms with Gasteiger partial charge in [-0.05, 0) is 50.2 Å². The maximum absolute atomic E-state index is 12.5. The summed E-state index contributed by atoms with van der Waals surface area (Å²) in [6.45, 7) is 3.86. The first-order valence-electron chi connectivity index (χ1n) is 7.48. The van der Waals surface area contributed by atoms with Crippen molar-refractivity contribution in [1.82, 2.24) is 9.78 Å². The Balaban J connectivity index is 1.84. The van der Waals surface area contributed by atoms with Gasteiger partial charge in [0.15, 0.2) is 0 Å². The Labute approximate surface area is 144 Å². The van der Waals surface area contributed by atoms with Crippen molar-refractivity contribution in [2.75, 3.05) is 5.43 Å². The van der Waals surface area contributed by atoms with Crippen molar-refractivity contribution >= 4 is 23.5 Å². The molecule has 3 aromatic rings. The van der Waals surface area contributed by atoms with Crippen LogP contribution in [0.5, 0.6) is 0 Å². The first-order valence-corrected chi connectivity index (χ1v) is 7.86. The van der Waals surface area contributed by atoms with Crippen LogP contribution < -0.4 is 11.0 Å². The van der Waals surface area contributed by atoms with Crippen LogP contribution in [0.25, 0.3) is 5.69 Å². The molecule has 0 atom stereocenters. The summed E-state index contributed by atoms with van der Waals surface area (Å²) >= 11 is 5.88. The zero-order valence-electron chi connectivity index (χ0n) is 13.4. The summed E-state index contributed by atoms with van der Waals surface area (Å²) in [5, 5.41) is 7.83. The van der Waals surface area contributed by atoms with Crippen molar-refractivity contribution in [3.8, 4) is 5.69 Å². The first kappa shape index (κ1) is 16.1. The Morgan fingerprint density at radius 2 is 1.75 bits per heavy atom. The van der Waals surface area contributed by atoms with Gasteiger partial charge in [-0.2, -0.15) is 5.10 Å². The normalized spacial score (nSPS) is 11.1. The van der Waals surface area contributed by atoms with Gasteiger partial charge in [-0.1, -0.05) is 29.3 Å². The molecule has 0 spiro atoms. The number of anilines is 1. The first-order chi connectivity index (χ1) is 11.5. The second kappa shape index (κ2) is 6.76. The van der Waals surface area contributed by atoms with E-state index < -0.39 is 0 Å². The van der Waals surface area contributed by atoms with E-state index in [9.17, 15) is 4.79 Å². The lowest BCUT2D eigenvalue weighted by molar-refractivity contribution is 0.835. The van der Waals surface area contributed by atoms with Gasteiger partial charge in [-0.15, -0.1) is 0 Å². The smallest absolute Gasteiger partial charge is 0.280 e. The second-order valence-electron chi connectivity index (χ2n) is 5.50. The van der Waals surface area contributed by atoms with E-state index in [1.165, 1.54) is 16.5 Å². The van der Waals surface area contributed by atoms with Gasteiger partial charge in [0.2, 0.25) is 0 Å². The molecule has 1 heterocycles. The van der Waals surface area contributed by atoms with Crippen LogP contribution in [-0.2, 0) is 0 Å². The van der Waals surface area contributed by atoms with Crippen molar-refractivity contribution in [2.45, 2.75) is 13.8 Å². The number of aryl methyl sites for hydroxylation is 2. The molecule has 0 saturated carbocycles. The SMILES string of the molecule is Cc1ccc(N/N=C/c2c(C)[nH]n(-c3ccc(Cl)cc3)c2=O)cc1. The third-order valence-electron chi connectivity index (χ3n) is 3.64. The number of nitrogens with one attached hydrogen (secondary N) is 2. The lowest BCUT2D eigenvalue weighted by Gasteiger charge is -2.00. The van der Waals surface area contributed by atoms with Crippen molar-refractivity contribution in [3.63, 3.8) is 0 Å². The van der Waals surface area contributed by atoms with E-state index in [1.54, 1.807) is 24.3 Å². The molecular weight excluding hydrogens is 324 g/mol. The third-order valence-corrected chi connectivity index (χ3v) is 3.89. The summed E-state index contributed by atoms with van der Waals surface area (Å²) in [4.78, 5) is 12.5. The Kier molecular flexibility index (Phi) is 4.53. The Bertz CT molecular complexity index is 921. The molecule has 1 aromatic heterocycles. The lowest BCUT2D eigenvalue weighted by Crippen LogP contribution is -2.17. The van der Waals surface area contributed by atoms with Gasteiger partial charge in [-0.25, -0.2) is 4.68 Å². The number of hydrogen-bond donors (Lipinski definition) is 2. The minimum atomic E-state index is -0.163. The number of benzene rings is 2. The maximum Gasteiger partial charge on any atom is 0.280 e. The fourth-order valence-corrected chi connectivity index (χ4v) is 2.41. The van der Waals surface area contributed by atoms with Crippen LogP contribution in [0.15, 0.2) is 58.4 Å². The highest BCUT2D eigenvalue weighted by atomic mass is 35.5. The molecular formula is C18H17ClN4O. The van der Waals surface area contributed by atoms with Gasteiger partial charge in [0.05, 0.1) is 23.2 Å². The summed E-state index contributed by atoms with van der Waals surface area (Å²) in [6.07, 6.45) is 1.53. The molecule has 3 rings (SSSR count). The molecule has 0 unspecified atom stereocenters. The highest BCUT2D eigenvalue weighted by Crippen LogP contribution is 2.12. The summed E-state index contributed by atoms with van der Waals surface area (Å²) in [5.41, 5.74) is 6.77. The van der Waals surface area contributed by atoms with E-state index in [1.807, 2.05) is 38.1 Å². The highest BCUT2D eigenvalue weighted by Gasteiger charge is 2.10. The number of hydrogen-bond acceptors (Lipinski definition) is 3. The van der Waals surface area contributed by atoms with Crippen LogP contribution in [0.2, 0.25) is 5.02 Å². The van der Waals surface area contributed by atoms with Gasteiger partial charge in [0.25, 0.3) is 5.56 Å². The summed E-state index contributed by atoms with van der Waals surface area (Å²) in [5.74, 6) is 0. The molecule has 5 nitrogen and oxygen atoms in total. The Hall–Kier alpha value is -2.79. The Morgan fingerprint density at radius 1 is 1.08 bits per heavy atom. The maximum atomic E-state index is 12.5. The van der Waals surface area contributed by atoms with Crippen molar-refractivity contribution < 1.29 is 0 Å².